The van der Waals surface area contributed by atoms with E-state index >= 15 is 0 Å². The van der Waals surface area contributed by atoms with Crippen LogP contribution in [0, 0.1) is 11.3 Å². The molecule has 1 N–H and O–H groups in total. The molecular weight excluding hydrogens is 176 g/mol. The Labute approximate surface area is 83.1 Å². The Morgan fingerprint density at radius 3 is 3.14 bits per heavy atom. The molecule has 0 radical (unpaired) electrons. The van der Waals surface area contributed by atoms with Gasteiger partial charge in [-0.3, -0.25) is 5.01 Å². The van der Waals surface area contributed by atoms with Gasteiger partial charge in [-0.25, -0.2) is 10.4 Å². The minimum absolute atomic E-state index is 0.627. The lowest BCUT2D eigenvalue weighted by molar-refractivity contribution is 0.507. The fraction of sp³-hybridized carbons (Fsp3) is 0.400. The van der Waals surface area contributed by atoms with Crippen molar-refractivity contribution in [2.24, 2.45) is 0 Å². The SMILES string of the molecule is N#Cc1cccnc1N1CCCCN1. The van der Waals surface area contributed by atoms with Crippen LogP contribution in [-0.2, 0) is 0 Å². The molecule has 1 saturated heterocycles. The quantitative estimate of drug-likeness (QED) is 0.716. The van der Waals surface area contributed by atoms with Crippen molar-refractivity contribution in [3.8, 4) is 6.07 Å². The summed E-state index contributed by atoms with van der Waals surface area (Å²) in [5.74, 6) is 0.745. The molecular formula is C10H12N4. The van der Waals surface area contributed by atoms with E-state index in [2.05, 4.69) is 16.5 Å². The lowest BCUT2D eigenvalue weighted by Gasteiger charge is -2.28. The predicted octanol–water partition coefficient (Wildman–Crippen LogP) is 1.06. The Kier molecular flexibility index (Phi) is 2.61. The zero-order chi connectivity index (χ0) is 9.80. The number of anilines is 1. The number of hydrogen-bond acceptors (Lipinski definition) is 4. The molecule has 1 aliphatic heterocycles. The molecule has 2 rings (SSSR count). The molecule has 2 heterocycles. The lowest BCUT2D eigenvalue weighted by atomic mass is 10.2. The molecule has 1 aliphatic rings. The van der Waals surface area contributed by atoms with E-state index in [1.807, 2.05) is 5.01 Å². The number of aromatic nitrogens is 1. The molecule has 1 aromatic rings. The molecule has 4 nitrogen and oxygen atoms in total. The van der Waals surface area contributed by atoms with E-state index in [0.717, 1.165) is 25.3 Å². The molecule has 4 heteroatoms. The molecule has 0 unspecified atom stereocenters. The molecule has 1 aromatic heterocycles. The summed E-state index contributed by atoms with van der Waals surface area (Å²) in [6.45, 7) is 1.88. The number of nitrogens with one attached hydrogen (secondary N) is 1. The Morgan fingerprint density at radius 2 is 2.43 bits per heavy atom. The zero-order valence-corrected chi connectivity index (χ0v) is 7.90. The van der Waals surface area contributed by atoms with Gasteiger partial charge < -0.3 is 0 Å². The van der Waals surface area contributed by atoms with Crippen molar-refractivity contribution in [1.82, 2.24) is 10.4 Å². The maximum Gasteiger partial charge on any atom is 0.160 e. The summed E-state index contributed by atoms with van der Waals surface area (Å²) >= 11 is 0. The van der Waals surface area contributed by atoms with Gasteiger partial charge in [0, 0.05) is 19.3 Å². The van der Waals surface area contributed by atoms with Crippen LogP contribution < -0.4 is 10.4 Å². The first-order valence-electron chi connectivity index (χ1n) is 4.78. The van der Waals surface area contributed by atoms with E-state index in [-0.39, 0.29) is 0 Å². The van der Waals surface area contributed by atoms with Crippen LogP contribution in [0.3, 0.4) is 0 Å². The maximum absolute atomic E-state index is 8.90. The Morgan fingerprint density at radius 1 is 1.50 bits per heavy atom. The summed E-state index contributed by atoms with van der Waals surface area (Å²) in [6, 6.07) is 5.72. The van der Waals surface area contributed by atoms with Gasteiger partial charge in [0.1, 0.15) is 6.07 Å². The highest BCUT2D eigenvalue weighted by atomic mass is 15.5. The van der Waals surface area contributed by atoms with Crippen LogP contribution in [0.4, 0.5) is 5.82 Å². The van der Waals surface area contributed by atoms with E-state index in [1.165, 1.54) is 6.42 Å². The van der Waals surface area contributed by atoms with Crippen molar-refractivity contribution in [3.05, 3.63) is 23.9 Å². The van der Waals surface area contributed by atoms with Crippen molar-refractivity contribution >= 4 is 5.82 Å². The monoisotopic (exact) mass is 188 g/mol. The molecule has 0 spiro atoms. The smallest absolute Gasteiger partial charge is 0.160 e. The Hall–Kier alpha value is -1.60. The van der Waals surface area contributed by atoms with Crippen molar-refractivity contribution in [3.63, 3.8) is 0 Å². The number of rotatable bonds is 1. The summed E-state index contributed by atoms with van der Waals surface area (Å²) in [5.41, 5.74) is 3.86. The second-order valence-corrected chi connectivity index (χ2v) is 3.25. The van der Waals surface area contributed by atoms with Gasteiger partial charge in [0.15, 0.2) is 5.82 Å². The van der Waals surface area contributed by atoms with Crippen LogP contribution in [-0.4, -0.2) is 18.1 Å². The minimum atomic E-state index is 0.627. The summed E-state index contributed by atoms with van der Waals surface area (Å²) < 4.78 is 0. The molecule has 0 atom stereocenters. The summed E-state index contributed by atoms with van der Waals surface area (Å²) in [6.07, 6.45) is 4.05. The number of nitriles is 1. The van der Waals surface area contributed by atoms with Gasteiger partial charge in [-0.05, 0) is 25.0 Å². The van der Waals surface area contributed by atoms with E-state index in [9.17, 15) is 0 Å². The lowest BCUT2D eigenvalue weighted by Crippen LogP contribution is -2.44. The minimum Gasteiger partial charge on any atom is -0.291 e. The fourth-order valence-electron chi connectivity index (χ4n) is 1.57. The third kappa shape index (κ3) is 1.68. The number of nitrogens with zero attached hydrogens (tertiary/aromatic N) is 3. The Balaban J connectivity index is 2.26. The van der Waals surface area contributed by atoms with Crippen molar-refractivity contribution in [2.45, 2.75) is 12.8 Å². The van der Waals surface area contributed by atoms with Gasteiger partial charge in [0.05, 0.1) is 5.56 Å². The van der Waals surface area contributed by atoms with Crippen LogP contribution in [0.15, 0.2) is 18.3 Å². The second kappa shape index (κ2) is 4.07. The average Bonchev–Trinajstić information content (AvgIpc) is 2.30. The molecule has 0 aromatic carbocycles. The van der Waals surface area contributed by atoms with Gasteiger partial charge in [0.2, 0.25) is 0 Å². The average molecular weight is 188 g/mol. The van der Waals surface area contributed by atoms with Crippen LogP contribution in [0.25, 0.3) is 0 Å². The molecule has 72 valence electrons. The van der Waals surface area contributed by atoms with Gasteiger partial charge in [-0.15, -0.1) is 0 Å². The fourth-order valence-corrected chi connectivity index (χ4v) is 1.57. The Bertz CT molecular complexity index is 349. The third-order valence-corrected chi connectivity index (χ3v) is 2.27. The summed E-state index contributed by atoms with van der Waals surface area (Å²) in [4.78, 5) is 4.21. The highest BCUT2D eigenvalue weighted by Crippen LogP contribution is 2.16. The molecule has 1 fully saturated rings. The van der Waals surface area contributed by atoms with Crippen LogP contribution in [0.5, 0.6) is 0 Å². The maximum atomic E-state index is 8.90. The zero-order valence-electron chi connectivity index (χ0n) is 7.90. The van der Waals surface area contributed by atoms with Gasteiger partial charge >= 0.3 is 0 Å². The van der Waals surface area contributed by atoms with E-state index in [4.69, 9.17) is 5.26 Å². The topological polar surface area (TPSA) is 52.0 Å². The van der Waals surface area contributed by atoms with Crippen molar-refractivity contribution < 1.29 is 0 Å². The van der Waals surface area contributed by atoms with Crippen molar-refractivity contribution in [1.29, 1.82) is 5.26 Å². The van der Waals surface area contributed by atoms with E-state index in [1.54, 1.807) is 18.3 Å². The van der Waals surface area contributed by atoms with E-state index in [0.29, 0.717) is 5.56 Å². The largest absolute Gasteiger partial charge is 0.291 e. The first-order chi connectivity index (χ1) is 6.92. The highest BCUT2D eigenvalue weighted by molar-refractivity contribution is 5.52. The summed E-state index contributed by atoms with van der Waals surface area (Å²) in [5, 5.41) is 10.9. The van der Waals surface area contributed by atoms with Crippen molar-refractivity contribution in [2.75, 3.05) is 18.1 Å². The normalized spacial score (nSPS) is 16.4. The first kappa shape index (κ1) is 8.97. The van der Waals surface area contributed by atoms with Crippen LogP contribution >= 0.6 is 0 Å². The summed E-state index contributed by atoms with van der Waals surface area (Å²) in [7, 11) is 0. The molecule has 14 heavy (non-hydrogen) atoms. The predicted molar refractivity (Wildman–Crippen MR) is 53.5 cm³/mol. The molecule has 0 aliphatic carbocycles. The van der Waals surface area contributed by atoms with Crippen LogP contribution in [0.2, 0.25) is 0 Å². The van der Waals surface area contributed by atoms with Crippen LogP contribution in [0.1, 0.15) is 18.4 Å². The van der Waals surface area contributed by atoms with Gasteiger partial charge in [-0.1, -0.05) is 0 Å². The molecule has 0 saturated carbocycles. The van der Waals surface area contributed by atoms with Gasteiger partial charge in [-0.2, -0.15) is 5.26 Å². The number of pyridine rings is 1. The van der Waals surface area contributed by atoms with E-state index < -0.39 is 0 Å². The third-order valence-electron chi connectivity index (χ3n) is 2.27. The highest BCUT2D eigenvalue weighted by Gasteiger charge is 2.14. The molecule has 0 bridgehead atoms. The number of hydrazine groups is 1. The second-order valence-electron chi connectivity index (χ2n) is 3.25. The standard InChI is InChI=1S/C10H12N4/c11-8-9-4-3-5-12-10(9)14-7-2-1-6-13-14/h3-5,13H,1-2,6-7H2. The number of hydrogen-bond donors (Lipinski definition) is 1. The first-order valence-corrected chi connectivity index (χ1v) is 4.78. The van der Waals surface area contributed by atoms with Gasteiger partial charge in [0.25, 0.3) is 0 Å². The molecule has 0 amide bonds.